The van der Waals surface area contributed by atoms with E-state index in [1.807, 2.05) is 0 Å². The summed E-state index contributed by atoms with van der Waals surface area (Å²) >= 11 is 0. The molecule has 0 aliphatic rings. The van der Waals surface area contributed by atoms with Gasteiger partial charge in [0.2, 0.25) is 5.91 Å². The molecule has 1 aromatic rings. The summed E-state index contributed by atoms with van der Waals surface area (Å²) in [5, 5.41) is 10.0. The number of nitrogens with two attached hydrogens (primary N) is 1. The number of aliphatic hydroxyl groups excluding tert-OH is 1. The van der Waals surface area contributed by atoms with E-state index in [0.29, 0.717) is 13.7 Å². The van der Waals surface area contributed by atoms with Crippen LogP contribution in [0, 0.1) is 0 Å². The molecule has 0 aliphatic heterocycles. The van der Waals surface area contributed by atoms with Crippen LogP contribution < -0.4 is 28.3 Å². The smallest absolute Gasteiger partial charge is 0.336 e. The van der Waals surface area contributed by atoms with E-state index in [2.05, 4.69) is 13.2 Å². The molecule has 1 aromatic heterocycles. The fourth-order valence-electron chi connectivity index (χ4n) is 2.27. The maximum atomic E-state index is 12.4. The maximum Gasteiger partial charge on any atom is 0.336 e. The third-order valence-electron chi connectivity index (χ3n) is 3.36. The lowest BCUT2D eigenvalue weighted by Crippen LogP contribution is -2.55. The highest BCUT2D eigenvalue weighted by molar-refractivity contribution is 7.92. The number of nitrogens with one attached hydrogen (secondary N) is 1. The van der Waals surface area contributed by atoms with Gasteiger partial charge in [0.05, 0.1) is 31.5 Å². The van der Waals surface area contributed by atoms with E-state index in [-0.39, 0.29) is 13.1 Å². The molecule has 12 nitrogen and oxygen atoms in total. The lowest BCUT2D eigenvalue weighted by molar-refractivity contribution is -0.118. The zero-order chi connectivity index (χ0) is 20.8. The molecule has 0 bridgehead atoms. The monoisotopic (exact) mass is 403 g/mol. The van der Waals surface area contributed by atoms with Gasteiger partial charge in [0, 0.05) is 0 Å². The van der Waals surface area contributed by atoms with Crippen LogP contribution in [-0.4, -0.2) is 50.7 Å². The summed E-state index contributed by atoms with van der Waals surface area (Å²) in [4.78, 5) is 48.1. The highest BCUT2D eigenvalue weighted by atomic mass is 32.2. The molecule has 0 aliphatic carbocycles. The number of carbonyl (C=O) groups excluding carboxylic acids is 1. The van der Waals surface area contributed by atoms with Crippen LogP contribution in [0.5, 0.6) is 0 Å². The highest BCUT2D eigenvalue weighted by Crippen LogP contribution is 1.97. The standard InChI is InChI=1S/C14H21N5O7S/c1-3-5-17-12(22)18(6-4-2)14(24)19(13(17)23)7-10(20)8-27(25,26)9-11(21)16-15/h3-4,10,20H,1-2,5-9,15H2,(H,16,21). The first kappa shape index (κ1) is 22.3. The SMILES string of the molecule is C=CCn1c(=O)n(CC=C)c(=O)n(CC(O)CS(=O)(=O)CC(=O)NN)c1=O. The average molecular weight is 403 g/mol. The first-order chi connectivity index (χ1) is 12.6. The number of aliphatic hydroxyl groups is 1. The van der Waals surface area contributed by atoms with Crippen LogP contribution in [0.2, 0.25) is 0 Å². The molecule has 13 heteroatoms. The Kier molecular flexibility index (Phi) is 7.63. The van der Waals surface area contributed by atoms with Gasteiger partial charge in [-0.2, -0.15) is 0 Å². The number of amides is 1. The second-order valence-corrected chi connectivity index (χ2v) is 7.64. The fraction of sp³-hybridized carbons (Fsp3) is 0.429. The van der Waals surface area contributed by atoms with Gasteiger partial charge in [-0.3, -0.25) is 10.2 Å². The number of aromatic nitrogens is 3. The lowest BCUT2D eigenvalue weighted by Gasteiger charge is -2.15. The molecule has 0 radical (unpaired) electrons. The fourth-order valence-corrected chi connectivity index (χ4v) is 3.56. The van der Waals surface area contributed by atoms with E-state index in [9.17, 15) is 32.7 Å². The second-order valence-electron chi connectivity index (χ2n) is 5.53. The summed E-state index contributed by atoms with van der Waals surface area (Å²) < 4.78 is 25.6. The molecule has 1 rings (SSSR count). The quantitative estimate of drug-likeness (QED) is 0.155. The number of hydrazine groups is 1. The number of allylic oxidation sites excluding steroid dienone is 2. The van der Waals surface area contributed by atoms with Crippen molar-refractivity contribution in [2.75, 3.05) is 11.5 Å². The summed E-state index contributed by atoms with van der Waals surface area (Å²) in [7, 11) is -4.05. The van der Waals surface area contributed by atoms with Crippen LogP contribution in [-0.2, 0) is 34.3 Å². The molecule has 0 spiro atoms. The molecule has 0 saturated carbocycles. The number of rotatable bonds is 10. The van der Waals surface area contributed by atoms with Crippen LogP contribution in [0.25, 0.3) is 0 Å². The third kappa shape index (κ3) is 5.60. The Morgan fingerprint density at radius 1 is 1.07 bits per heavy atom. The Labute approximate surface area is 153 Å². The summed E-state index contributed by atoms with van der Waals surface area (Å²) in [6, 6.07) is 0. The number of sulfone groups is 1. The summed E-state index contributed by atoms with van der Waals surface area (Å²) in [5.74, 6) is 1.97. The predicted molar refractivity (Wildman–Crippen MR) is 96.6 cm³/mol. The van der Waals surface area contributed by atoms with Crippen molar-refractivity contribution in [2.45, 2.75) is 25.7 Å². The van der Waals surface area contributed by atoms with E-state index < -0.39 is 57.0 Å². The molecule has 1 heterocycles. The molecule has 1 atom stereocenters. The van der Waals surface area contributed by atoms with Crippen LogP contribution in [0.15, 0.2) is 39.7 Å². The van der Waals surface area contributed by atoms with Gasteiger partial charge in [-0.1, -0.05) is 12.2 Å². The lowest BCUT2D eigenvalue weighted by atomic mass is 10.4. The number of hydrogen-bond acceptors (Lipinski definition) is 8. The molecular formula is C14H21N5O7S. The van der Waals surface area contributed by atoms with E-state index >= 15 is 0 Å². The van der Waals surface area contributed by atoms with Crippen molar-refractivity contribution in [2.24, 2.45) is 5.84 Å². The normalized spacial score (nSPS) is 12.4. The van der Waals surface area contributed by atoms with Gasteiger partial charge in [0.15, 0.2) is 9.84 Å². The first-order valence-corrected chi connectivity index (χ1v) is 9.44. The maximum absolute atomic E-state index is 12.4. The molecule has 0 aromatic carbocycles. The van der Waals surface area contributed by atoms with E-state index in [0.717, 1.165) is 0 Å². The molecule has 27 heavy (non-hydrogen) atoms. The molecule has 0 saturated heterocycles. The number of nitrogens with zero attached hydrogens (tertiary/aromatic N) is 3. The highest BCUT2D eigenvalue weighted by Gasteiger charge is 2.23. The van der Waals surface area contributed by atoms with Crippen molar-refractivity contribution in [3.05, 3.63) is 56.8 Å². The van der Waals surface area contributed by atoms with Gasteiger partial charge in [0.1, 0.15) is 5.75 Å². The zero-order valence-corrected chi connectivity index (χ0v) is 15.2. The zero-order valence-electron chi connectivity index (χ0n) is 14.4. The Morgan fingerprint density at radius 3 is 1.93 bits per heavy atom. The summed E-state index contributed by atoms with van der Waals surface area (Å²) in [6.07, 6.45) is 0.850. The second kappa shape index (κ2) is 9.25. The third-order valence-corrected chi connectivity index (χ3v) is 4.96. The van der Waals surface area contributed by atoms with E-state index in [1.165, 1.54) is 12.2 Å². The van der Waals surface area contributed by atoms with Crippen LogP contribution >= 0.6 is 0 Å². The van der Waals surface area contributed by atoms with Gasteiger partial charge in [-0.05, 0) is 0 Å². The van der Waals surface area contributed by atoms with Gasteiger partial charge in [-0.25, -0.2) is 42.3 Å². The van der Waals surface area contributed by atoms with Gasteiger partial charge >= 0.3 is 17.1 Å². The van der Waals surface area contributed by atoms with Gasteiger partial charge in [-0.15, -0.1) is 13.2 Å². The molecule has 150 valence electrons. The summed E-state index contributed by atoms with van der Waals surface area (Å²) in [6.45, 7) is 5.75. The van der Waals surface area contributed by atoms with Crippen LogP contribution in [0.4, 0.5) is 0 Å². The summed E-state index contributed by atoms with van der Waals surface area (Å²) in [5.41, 5.74) is -1.29. The van der Waals surface area contributed by atoms with Crippen molar-refractivity contribution in [3.8, 4) is 0 Å². The minimum Gasteiger partial charge on any atom is -0.390 e. The molecule has 1 amide bonds. The van der Waals surface area contributed by atoms with Crippen molar-refractivity contribution in [1.29, 1.82) is 0 Å². The Morgan fingerprint density at radius 2 is 1.52 bits per heavy atom. The van der Waals surface area contributed by atoms with Gasteiger partial charge in [0.25, 0.3) is 0 Å². The minimum atomic E-state index is -4.05. The largest absolute Gasteiger partial charge is 0.390 e. The van der Waals surface area contributed by atoms with Crippen LogP contribution in [0.1, 0.15) is 0 Å². The minimum absolute atomic E-state index is 0.194. The number of hydrogen-bond donors (Lipinski definition) is 3. The van der Waals surface area contributed by atoms with E-state index in [1.54, 1.807) is 5.43 Å². The topological polar surface area (TPSA) is 175 Å². The molecular weight excluding hydrogens is 382 g/mol. The van der Waals surface area contributed by atoms with Crippen molar-refractivity contribution in [1.82, 2.24) is 19.1 Å². The van der Waals surface area contributed by atoms with Crippen molar-refractivity contribution < 1.29 is 18.3 Å². The molecule has 0 fully saturated rings. The van der Waals surface area contributed by atoms with Crippen molar-refractivity contribution in [3.63, 3.8) is 0 Å². The molecule has 4 N–H and O–H groups in total. The Hall–Kier alpha value is -2.77. The van der Waals surface area contributed by atoms with Crippen LogP contribution in [0.3, 0.4) is 0 Å². The van der Waals surface area contributed by atoms with Gasteiger partial charge < -0.3 is 5.11 Å². The Balaban J connectivity index is 3.30. The average Bonchev–Trinajstić information content (AvgIpc) is 2.58. The predicted octanol–water partition coefficient (Wildman–Crippen LogP) is -3.69. The number of carbonyl (C=O) groups is 1. The first-order valence-electron chi connectivity index (χ1n) is 7.62. The van der Waals surface area contributed by atoms with Crippen molar-refractivity contribution >= 4 is 15.7 Å². The molecule has 1 unspecified atom stereocenters. The van der Waals surface area contributed by atoms with E-state index in [4.69, 9.17) is 5.84 Å². The Bertz CT molecular complexity index is 954.